The summed E-state index contributed by atoms with van der Waals surface area (Å²) in [6.07, 6.45) is 2.48. The van der Waals surface area contributed by atoms with E-state index in [1.807, 2.05) is 0 Å². The van der Waals surface area contributed by atoms with Gasteiger partial charge in [-0.1, -0.05) is 19.1 Å². The molecule has 1 unspecified atom stereocenters. The molecule has 0 radical (unpaired) electrons. The smallest absolute Gasteiger partial charge is 0.240 e. The number of hydrogen-bond acceptors (Lipinski definition) is 4. The molecule has 1 heterocycles. The molecular weight excluding hydrogens is 465 g/mol. The second-order valence-corrected chi connectivity index (χ2v) is 7.97. The molecule has 1 saturated heterocycles. The van der Waals surface area contributed by atoms with Crippen molar-refractivity contribution in [2.45, 2.75) is 37.2 Å². The largest absolute Gasteiger partial charge is 0.355 e. The van der Waals surface area contributed by atoms with E-state index in [9.17, 15) is 8.42 Å². The number of rotatable bonds is 7. The first kappa shape index (κ1) is 23.1. The van der Waals surface area contributed by atoms with Crippen LogP contribution in [0.15, 0.2) is 34.2 Å². The number of aliphatic imine (C=N–C) groups is 1. The Morgan fingerprint density at radius 1 is 1.27 bits per heavy atom. The van der Waals surface area contributed by atoms with Crippen molar-refractivity contribution in [3.63, 3.8) is 0 Å². The first-order valence-electron chi connectivity index (χ1n) is 8.71. The molecule has 1 aliphatic heterocycles. The van der Waals surface area contributed by atoms with Crippen LogP contribution in [-0.2, 0) is 16.6 Å². The van der Waals surface area contributed by atoms with Crippen LogP contribution >= 0.6 is 24.0 Å². The van der Waals surface area contributed by atoms with E-state index >= 15 is 0 Å². The molecule has 1 aliphatic rings. The van der Waals surface area contributed by atoms with Crippen molar-refractivity contribution in [2.24, 2.45) is 4.99 Å². The molecule has 2 rings (SSSR count). The third-order valence-electron chi connectivity index (χ3n) is 4.60. The third kappa shape index (κ3) is 6.36. The molecular formula is C17H30IN5O2S. The van der Waals surface area contributed by atoms with Gasteiger partial charge in [0.2, 0.25) is 10.0 Å². The minimum absolute atomic E-state index is 0. The van der Waals surface area contributed by atoms with E-state index in [0.717, 1.165) is 24.6 Å². The topological polar surface area (TPSA) is 85.8 Å². The molecule has 3 N–H and O–H groups in total. The SMILES string of the molecule is CCN1CCCC1CNC(=NC)NCc1ccc(S(=O)(=O)NC)cc1.I. The van der Waals surface area contributed by atoms with Crippen molar-refractivity contribution in [1.29, 1.82) is 0 Å². The standard InChI is InChI=1S/C17H29N5O2S.HI/c1-4-22-11-5-6-15(22)13-21-17(18-2)20-12-14-7-9-16(10-8-14)25(23,24)19-3;/h7-10,15,19H,4-6,11-13H2,1-3H3,(H2,18,20,21);1H. The lowest BCUT2D eigenvalue weighted by molar-refractivity contribution is 0.267. The number of halogens is 1. The number of nitrogens with zero attached hydrogens (tertiary/aromatic N) is 2. The molecule has 0 aromatic heterocycles. The third-order valence-corrected chi connectivity index (χ3v) is 6.03. The van der Waals surface area contributed by atoms with Gasteiger partial charge in [-0.2, -0.15) is 0 Å². The summed E-state index contributed by atoms with van der Waals surface area (Å²) in [7, 11) is -0.227. The normalized spacial score (nSPS) is 18.4. The molecule has 7 nitrogen and oxygen atoms in total. The minimum atomic E-state index is -3.39. The van der Waals surface area contributed by atoms with E-state index in [1.165, 1.54) is 26.4 Å². The van der Waals surface area contributed by atoms with Gasteiger partial charge in [-0.25, -0.2) is 13.1 Å². The fraction of sp³-hybridized carbons (Fsp3) is 0.588. The molecule has 1 atom stereocenters. The first-order valence-corrected chi connectivity index (χ1v) is 10.2. The van der Waals surface area contributed by atoms with E-state index in [0.29, 0.717) is 12.6 Å². The average molecular weight is 495 g/mol. The molecule has 0 bridgehead atoms. The second kappa shape index (κ2) is 11.1. The van der Waals surface area contributed by atoms with E-state index in [4.69, 9.17) is 0 Å². The zero-order valence-corrected chi connectivity index (χ0v) is 18.8. The van der Waals surface area contributed by atoms with Gasteiger partial charge >= 0.3 is 0 Å². The first-order chi connectivity index (χ1) is 12.0. The van der Waals surface area contributed by atoms with Gasteiger partial charge in [0, 0.05) is 26.2 Å². The van der Waals surface area contributed by atoms with Crippen LogP contribution in [0.3, 0.4) is 0 Å². The number of hydrogen-bond donors (Lipinski definition) is 3. The number of likely N-dealkylation sites (N-methyl/N-ethyl adjacent to an activating group) is 1. The lowest BCUT2D eigenvalue weighted by Crippen LogP contribution is -2.44. The average Bonchev–Trinajstić information content (AvgIpc) is 3.10. The van der Waals surface area contributed by atoms with Gasteiger partial charge in [-0.05, 0) is 50.7 Å². The van der Waals surface area contributed by atoms with Crippen LogP contribution in [0.5, 0.6) is 0 Å². The predicted molar refractivity (Wildman–Crippen MR) is 117 cm³/mol. The van der Waals surface area contributed by atoms with E-state index in [2.05, 4.69) is 32.2 Å². The highest BCUT2D eigenvalue weighted by Crippen LogP contribution is 2.15. The lowest BCUT2D eigenvalue weighted by atomic mass is 10.2. The number of guanidine groups is 1. The van der Waals surface area contributed by atoms with Crippen molar-refractivity contribution >= 4 is 40.0 Å². The minimum Gasteiger partial charge on any atom is -0.355 e. The van der Waals surface area contributed by atoms with Crippen LogP contribution in [0.2, 0.25) is 0 Å². The van der Waals surface area contributed by atoms with Gasteiger partial charge < -0.3 is 10.6 Å². The quantitative estimate of drug-likeness (QED) is 0.302. The number of benzene rings is 1. The van der Waals surface area contributed by atoms with Crippen LogP contribution < -0.4 is 15.4 Å². The number of sulfonamides is 1. The van der Waals surface area contributed by atoms with E-state index in [1.54, 1.807) is 31.3 Å². The zero-order chi connectivity index (χ0) is 18.3. The Bertz CT molecular complexity index is 679. The van der Waals surface area contributed by atoms with Crippen molar-refractivity contribution in [3.8, 4) is 0 Å². The van der Waals surface area contributed by atoms with Gasteiger partial charge in [0.25, 0.3) is 0 Å². The van der Waals surface area contributed by atoms with Crippen LogP contribution in [0.4, 0.5) is 0 Å². The molecule has 9 heteroatoms. The van der Waals surface area contributed by atoms with Gasteiger partial charge in [0.1, 0.15) is 0 Å². The molecule has 148 valence electrons. The van der Waals surface area contributed by atoms with Crippen molar-refractivity contribution < 1.29 is 8.42 Å². The van der Waals surface area contributed by atoms with E-state index in [-0.39, 0.29) is 28.9 Å². The molecule has 1 aromatic rings. The Morgan fingerprint density at radius 2 is 1.96 bits per heavy atom. The maximum absolute atomic E-state index is 11.7. The van der Waals surface area contributed by atoms with Gasteiger partial charge in [0.15, 0.2) is 5.96 Å². The zero-order valence-electron chi connectivity index (χ0n) is 15.7. The molecule has 0 saturated carbocycles. The maximum Gasteiger partial charge on any atom is 0.240 e. The fourth-order valence-corrected chi connectivity index (χ4v) is 3.80. The summed E-state index contributed by atoms with van der Waals surface area (Å²) in [5, 5.41) is 6.65. The molecule has 1 fully saturated rings. The summed E-state index contributed by atoms with van der Waals surface area (Å²) >= 11 is 0. The van der Waals surface area contributed by atoms with Gasteiger partial charge in [-0.15, -0.1) is 24.0 Å². The molecule has 0 spiro atoms. The van der Waals surface area contributed by atoms with Crippen LogP contribution in [-0.4, -0.2) is 59.0 Å². The number of likely N-dealkylation sites (tertiary alicyclic amines) is 1. The summed E-state index contributed by atoms with van der Waals surface area (Å²) in [6, 6.07) is 7.39. The molecule has 0 amide bonds. The monoisotopic (exact) mass is 495 g/mol. The highest BCUT2D eigenvalue weighted by atomic mass is 127. The lowest BCUT2D eigenvalue weighted by Gasteiger charge is -2.24. The number of nitrogens with one attached hydrogen (secondary N) is 3. The Kier molecular flexibility index (Phi) is 9.83. The van der Waals surface area contributed by atoms with Crippen molar-refractivity contribution in [1.82, 2.24) is 20.3 Å². The van der Waals surface area contributed by atoms with Gasteiger partial charge in [0.05, 0.1) is 4.90 Å². The summed E-state index contributed by atoms with van der Waals surface area (Å²) < 4.78 is 25.8. The van der Waals surface area contributed by atoms with Gasteiger partial charge in [-0.3, -0.25) is 9.89 Å². The second-order valence-electron chi connectivity index (χ2n) is 6.08. The highest BCUT2D eigenvalue weighted by Gasteiger charge is 2.22. The fourth-order valence-electron chi connectivity index (χ4n) is 3.07. The Morgan fingerprint density at radius 3 is 2.54 bits per heavy atom. The molecule has 1 aromatic carbocycles. The van der Waals surface area contributed by atoms with Crippen LogP contribution in [0.25, 0.3) is 0 Å². The van der Waals surface area contributed by atoms with E-state index < -0.39 is 10.0 Å². The Labute approximate surface area is 174 Å². The summed E-state index contributed by atoms with van der Waals surface area (Å²) in [5.41, 5.74) is 0.994. The Hall–Kier alpha value is -0.910. The maximum atomic E-state index is 11.7. The highest BCUT2D eigenvalue weighted by molar-refractivity contribution is 14.0. The van der Waals surface area contributed by atoms with Crippen LogP contribution in [0.1, 0.15) is 25.3 Å². The predicted octanol–water partition coefficient (Wildman–Crippen LogP) is 1.36. The summed E-state index contributed by atoms with van der Waals surface area (Å²) in [4.78, 5) is 7.01. The Balaban J connectivity index is 0.00000338. The molecule has 26 heavy (non-hydrogen) atoms. The van der Waals surface area contributed by atoms with Crippen molar-refractivity contribution in [3.05, 3.63) is 29.8 Å². The summed E-state index contributed by atoms with van der Waals surface area (Å²) in [5.74, 6) is 0.759. The summed E-state index contributed by atoms with van der Waals surface area (Å²) in [6.45, 7) is 5.93. The van der Waals surface area contributed by atoms with Crippen molar-refractivity contribution in [2.75, 3.05) is 33.7 Å². The molecule has 0 aliphatic carbocycles. The van der Waals surface area contributed by atoms with Crippen LogP contribution in [0, 0.1) is 0 Å².